The maximum absolute atomic E-state index is 12.8. The third-order valence-electron chi connectivity index (χ3n) is 4.92. The summed E-state index contributed by atoms with van der Waals surface area (Å²) in [5, 5.41) is 3.40. The van der Waals surface area contributed by atoms with Crippen molar-refractivity contribution in [2.75, 3.05) is 45.8 Å². The molecule has 0 spiro atoms. The summed E-state index contributed by atoms with van der Waals surface area (Å²) < 4.78 is 27.3. The number of rotatable bonds is 4. The molecule has 2 fully saturated rings. The smallest absolute Gasteiger partial charge is 0.244 e. The van der Waals surface area contributed by atoms with Crippen LogP contribution < -0.4 is 5.32 Å². The van der Waals surface area contributed by atoms with Gasteiger partial charge in [-0.3, -0.25) is 0 Å². The number of piperidine rings is 1. The molecule has 0 unspecified atom stereocenters. The molecule has 0 amide bonds. The Labute approximate surface area is 143 Å². The molecule has 5 nitrogen and oxygen atoms in total. The van der Waals surface area contributed by atoms with Gasteiger partial charge in [0.05, 0.1) is 4.90 Å². The van der Waals surface area contributed by atoms with Gasteiger partial charge in [-0.1, -0.05) is 0 Å². The van der Waals surface area contributed by atoms with Gasteiger partial charge in [0.15, 0.2) is 0 Å². The molecule has 0 bridgehead atoms. The molecule has 130 valence electrons. The number of thiophene rings is 1. The number of sulfonamides is 1. The first-order valence-electron chi connectivity index (χ1n) is 8.47. The molecule has 3 rings (SSSR count). The van der Waals surface area contributed by atoms with E-state index in [2.05, 4.69) is 10.2 Å². The first-order chi connectivity index (χ1) is 11.0. The van der Waals surface area contributed by atoms with Crippen LogP contribution in [0.5, 0.6) is 0 Å². The number of hydrogen-bond donors (Lipinski definition) is 1. The minimum absolute atomic E-state index is 0.506. The molecule has 0 aliphatic carbocycles. The average Bonchev–Trinajstić information content (AvgIpc) is 2.88. The molecule has 0 atom stereocenters. The number of nitrogens with zero attached hydrogens (tertiary/aromatic N) is 2. The van der Waals surface area contributed by atoms with Gasteiger partial charge < -0.3 is 10.2 Å². The first-order valence-corrected chi connectivity index (χ1v) is 10.7. The fourth-order valence-electron chi connectivity index (χ4n) is 3.58. The van der Waals surface area contributed by atoms with Crippen molar-refractivity contribution in [2.24, 2.45) is 5.92 Å². The molecule has 23 heavy (non-hydrogen) atoms. The van der Waals surface area contributed by atoms with Crippen LogP contribution in [0, 0.1) is 19.8 Å². The van der Waals surface area contributed by atoms with Crippen molar-refractivity contribution in [3.8, 4) is 0 Å². The monoisotopic (exact) mass is 357 g/mol. The van der Waals surface area contributed by atoms with Crippen LogP contribution in [0.15, 0.2) is 11.0 Å². The quantitative estimate of drug-likeness (QED) is 0.891. The van der Waals surface area contributed by atoms with E-state index in [1.807, 2.05) is 19.9 Å². The lowest BCUT2D eigenvalue weighted by Crippen LogP contribution is -2.50. The Morgan fingerprint density at radius 2 is 1.83 bits per heavy atom. The minimum atomic E-state index is -3.32. The molecule has 2 aliphatic rings. The summed E-state index contributed by atoms with van der Waals surface area (Å²) in [4.78, 5) is 4.91. The second-order valence-electron chi connectivity index (χ2n) is 6.68. The summed E-state index contributed by atoms with van der Waals surface area (Å²) in [6.45, 7) is 10.2. The van der Waals surface area contributed by atoms with E-state index in [1.54, 1.807) is 15.6 Å². The predicted molar refractivity (Wildman–Crippen MR) is 94.6 cm³/mol. The second-order valence-corrected chi connectivity index (χ2v) is 10.0. The van der Waals surface area contributed by atoms with E-state index in [9.17, 15) is 8.42 Å². The highest BCUT2D eigenvalue weighted by molar-refractivity contribution is 7.89. The Morgan fingerprint density at radius 3 is 2.39 bits per heavy atom. The molecule has 2 aliphatic heterocycles. The van der Waals surface area contributed by atoms with Crippen LogP contribution in [0.4, 0.5) is 0 Å². The van der Waals surface area contributed by atoms with Gasteiger partial charge in [-0.15, -0.1) is 11.3 Å². The van der Waals surface area contributed by atoms with Gasteiger partial charge in [-0.05, 0) is 51.8 Å². The maximum Gasteiger partial charge on any atom is 0.244 e. The van der Waals surface area contributed by atoms with Gasteiger partial charge in [0.25, 0.3) is 0 Å². The Kier molecular flexibility index (Phi) is 5.42. The van der Waals surface area contributed by atoms with Gasteiger partial charge >= 0.3 is 0 Å². The zero-order valence-electron chi connectivity index (χ0n) is 14.0. The molecule has 0 aromatic carbocycles. The van der Waals surface area contributed by atoms with E-state index >= 15 is 0 Å². The Morgan fingerprint density at radius 1 is 1.17 bits per heavy atom. The van der Waals surface area contributed by atoms with Crippen molar-refractivity contribution in [3.63, 3.8) is 0 Å². The molecule has 0 radical (unpaired) electrons. The average molecular weight is 358 g/mol. The van der Waals surface area contributed by atoms with Crippen molar-refractivity contribution in [3.05, 3.63) is 15.8 Å². The molecule has 7 heteroatoms. The zero-order valence-corrected chi connectivity index (χ0v) is 15.7. The number of aryl methyl sites for hydroxylation is 2. The van der Waals surface area contributed by atoms with Gasteiger partial charge in [0.1, 0.15) is 0 Å². The van der Waals surface area contributed by atoms with E-state index in [4.69, 9.17) is 0 Å². The molecule has 1 aromatic rings. The normalized spacial score (nSPS) is 22.5. The molecular weight excluding hydrogens is 330 g/mol. The molecule has 2 saturated heterocycles. The fourth-order valence-corrected chi connectivity index (χ4v) is 6.53. The van der Waals surface area contributed by atoms with Gasteiger partial charge in [-0.2, -0.15) is 4.31 Å². The lowest BCUT2D eigenvalue weighted by atomic mass is 9.97. The number of piperazine rings is 1. The highest BCUT2D eigenvalue weighted by atomic mass is 32.2. The van der Waals surface area contributed by atoms with Crippen molar-refractivity contribution in [1.82, 2.24) is 14.5 Å². The molecule has 1 aromatic heterocycles. The van der Waals surface area contributed by atoms with Gasteiger partial charge in [-0.25, -0.2) is 8.42 Å². The third-order valence-corrected chi connectivity index (χ3v) is 8.04. The van der Waals surface area contributed by atoms with Crippen LogP contribution in [-0.2, 0) is 10.0 Å². The van der Waals surface area contributed by atoms with Crippen molar-refractivity contribution < 1.29 is 8.42 Å². The summed E-state index contributed by atoms with van der Waals surface area (Å²) in [6, 6.07) is 1.82. The van der Waals surface area contributed by atoms with E-state index in [0.29, 0.717) is 18.0 Å². The maximum atomic E-state index is 12.8. The second kappa shape index (κ2) is 7.19. The van der Waals surface area contributed by atoms with Crippen LogP contribution >= 0.6 is 11.3 Å². The van der Waals surface area contributed by atoms with Crippen LogP contribution in [0.25, 0.3) is 0 Å². The zero-order chi connectivity index (χ0) is 16.4. The van der Waals surface area contributed by atoms with Crippen molar-refractivity contribution in [1.29, 1.82) is 0 Å². The predicted octanol–water partition coefficient (Wildman–Crippen LogP) is 1.67. The molecule has 1 N–H and O–H groups in total. The molecular formula is C16H27N3O2S2. The topological polar surface area (TPSA) is 52.7 Å². The highest BCUT2D eigenvalue weighted by Crippen LogP contribution is 2.28. The van der Waals surface area contributed by atoms with E-state index < -0.39 is 10.0 Å². The lowest BCUT2D eigenvalue weighted by molar-refractivity contribution is 0.152. The number of hydrogen-bond acceptors (Lipinski definition) is 5. The standard InChI is InChI=1S/C16H27N3O2S2/c1-13-11-16(14(2)22-13)23(20,21)19-9-7-18(8-10-19)12-15-3-5-17-6-4-15/h11,15,17H,3-10,12H2,1-2H3. The van der Waals surface area contributed by atoms with Crippen molar-refractivity contribution in [2.45, 2.75) is 31.6 Å². The van der Waals surface area contributed by atoms with Crippen LogP contribution in [-0.4, -0.2) is 63.4 Å². The van der Waals surface area contributed by atoms with Gasteiger partial charge in [0, 0.05) is 42.5 Å². The van der Waals surface area contributed by atoms with Crippen LogP contribution in [0.2, 0.25) is 0 Å². The highest BCUT2D eigenvalue weighted by Gasteiger charge is 2.31. The SMILES string of the molecule is Cc1cc(S(=O)(=O)N2CCN(CC3CCNCC3)CC2)c(C)s1. The Balaban J connectivity index is 1.58. The largest absolute Gasteiger partial charge is 0.317 e. The van der Waals surface area contributed by atoms with E-state index in [1.165, 1.54) is 12.8 Å². The van der Waals surface area contributed by atoms with E-state index in [0.717, 1.165) is 48.4 Å². The summed E-state index contributed by atoms with van der Waals surface area (Å²) >= 11 is 1.56. The molecule has 0 saturated carbocycles. The summed E-state index contributed by atoms with van der Waals surface area (Å²) in [5.41, 5.74) is 0. The molecule has 3 heterocycles. The lowest BCUT2D eigenvalue weighted by Gasteiger charge is -2.36. The Bertz CT molecular complexity index is 628. The third kappa shape index (κ3) is 3.96. The fraction of sp³-hybridized carbons (Fsp3) is 0.750. The minimum Gasteiger partial charge on any atom is -0.317 e. The summed E-state index contributed by atoms with van der Waals surface area (Å²) in [5.74, 6) is 0.765. The summed E-state index contributed by atoms with van der Waals surface area (Å²) in [7, 11) is -3.32. The Hall–Kier alpha value is -0.470. The van der Waals surface area contributed by atoms with Crippen molar-refractivity contribution >= 4 is 21.4 Å². The van der Waals surface area contributed by atoms with E-state index in [-0.39, 0.29) is 0 Å². The first kappa shape index (κ1) is 17.4. The number of nitrogens with one attached hydrogen (secondary N) is 1. The summed E-state index contributed by atoms with van der Waals surface area (Å²) in [6.07, 6.45) is 2.48. The van der Waals surface area contributed by atoms with Crippen LogP contribution in [0.1, 0.15) is 22.6 Å². The van der Waals surface area contributed by atoms with Gasteiger partial charge in [0.2, 0.25) is 10.0 Å². The van der Waals surface area contributed by atoms with Crippen LogP contribution in [0.3, 0.4) is 0 Å².